The molecule has 0 radical (unpaired) electrons. The molecule has 2 atom stereocenters. The van der Waals surface area contributed by atoms with E-state index < -0.39 is 0 Å². The van der Waals surface area contributed by atoms with Crippen LogP contribution < -0.4 is 0 Å². The predicted octanol–water partition coefficient (Wildman–Crippen LogP) is 2.41. The monoisotopic (exact) mass is 252 g/mol. The lowest BCUT2D eigenvalue weighted by Crippen LogP contribution is -2.37. The Kier molecular flexibility index (Phi) is 2.91. The molecule has 0 spiro atoms. The zero-order valence-electron chi connectivity index (χ0n) is 10.5. The Morgan fingerprint density at radius 1 is 1.24 bits per heavy atom. The van der Waals surface area contributed by atoms with E-state index in [9.17, 15) is 0 Å². The maximum absolute atomic E-state index is 4.59. The highest BCUT2D eigenvalue weighted by atomic mass is 32.1. The second-order valence-electron chi connectivity index (χ2n) is 5.67. The molecule has 4 nitrogen and oxygen atoms in total. The van der Waals surface area contributed by atoms with Gasteiger partial charge in [0.1, 0.15) is 0 Å². The molecule has 1 aromatic heterocycles. The van der Waals surface area contributed by atoms with Gasteiger partial charge >= 0.3 is 0 Å². The fourth-order valence-electron chi connectivity index (χ4n) is 3.07. The summed E-state index contributed by atoms with van der Waals surface area (Å²) >= 11 is 4.59. The van der Waals surface area contributed by atoms with Crippen LogP contribution in [0.3, 0.4) is 0 Å². The Labute approximate surface area is 108 Å². The average Bonchev–Trinajstić information content (AvgIpc) is 2.83. The lowest BCUT2D eigenvalue weighted by molar-refractivity contribution is 0.198. The molecular weight excluding hydrogens is 232 g/mol. The third-order valence-electron chi connectivity index (χ3n) is 4.16. The third-order valence-corrected chi connectivity index (χ3v) is 4.82. The fourth-order valence-corrected chi connectivity index (χ4v) is 3.49. The summed E-state index contributed by atoms with van der Waals surface area (Å²) in [5, 5.41) is 8.57. The molecule has 0 aromatic carbocycles. The quantitative estimate of drug-likeness (QED) is 0.821. The van der Waals surface area contributed by atoms with Crippen LogP contribution in [0.1, 0.15) is 57.2 Å². The predicted molar refractivity (Wildman–Crippen MR) is 70.0 cm³/mol. The van der Waals surface area contributed by atoms with Crippen LogP contribution in [-0.4, -0.2) is 31.4 Å². The number of rotatable bonds is 2. The van der Waals surface area contributed by atoms with Gasteiger partial charge in [-0.2, -0.15) is 0 Å². The summed E-state index contributed by atoms with van der Waals surface area (Å²) in [7, 11) is 0. The molecule has 0 saturated carbocycles. The minimum atomic E-state index is 0.463. The van der Waals surface area contributed by atoms with E-state index in [1.54, 1.807) is 0 Å². The number of hydrogen-bond acceptors (Lipinski definition) is 4. The Balaban J connectivity index is 1.77. The SMILES string of the molecule is CC(C)c1cn(C2CC3CCC(C2)N3S)nn1. The number of nitrogens with zero attached hydrogens (tertiary/aromatic N) is 4. The van der Waals surface area contributed by atoms with E-state index in [2.05, 4.69) is 52.2 Å². The van der Waals surface area contributed by atoms with Crippen LogP contribution in [0.25, 0.3) is 0 Å². The van der Waals surface area contributed by atoms with Crippen LogP contribution in [0, 0.1) is 0 Å². The zero-order chi connectivity index (χ0) is 12.0. The third kappa shape index (κ3) is 1.99. The van der Waals surface area contributed by atoms with Gasteiger partial charge in [0, 0.05) is 18.3 Å². The van der Waals surface area contributed by atoms with Crippen molar-refractivity contribution in [3.8, 4) is 0 Å². The Morgan fingerprint density at radius 2 is 1.88 bits per heavy atom. The minimum Gasteiger partial charge on any atom is -0.249 e. The summed E-state index contributed by atoms with van der Waals surface area (Å²) in [4.78, 5) is 0. The van der Waals surface area contributed by atoms with Crippen LogP contribution >= 0.6 is 12.8 Å². The standard InChI is InChI=1S/C12H20N4S/c1-8(2)12-7-15(14-13-12)11-5-9-3-4-10(6-11)16(9)17/h7-11,17H,3-6H2,1-2H3. The first-order valence-electron chi connectivity index (χ1n) is 6.54. The molecule has 3 heterocycles. The van der Waals surface area contributed by atoms with Crippen LogP contribution in [0.5, 0.6) is 0 Å². The molecule has 2 aliphatic rings. The van der Waals surface area contributed by atoms with Crippen molar-refractivity contribution in [2.45, 2.75) is 63.6 Å². The van der Waals surface area contributed by atoms with E-state index in [4.69, 9.17) is 0 Å². The van der Waals surface area contributed by atoms with Gasteiger partial charge in [-0.15, -0.1) is 5.10 Å². The van der Waals surface area contributed by atoms with Crippen LogP contribution in [0.4, 0.5) is 0 Å². The van der Waals surface area contributed by atoms with E-state index in [1.165, 1.54) is 25.7 Å². The largest absolute Gasteiger partial charge is 0.249 e. The van der Waals surface area contributed by atoms with Gasteiger partial charge in [-0.1, -0.05) is 31.9 Å². The highest BCUT2D eigenvalue weighted by Gasteiger charge is 2.40. The Morgan fingerprint density at radius 3 is 2.41 bits per heavy atom. The number of hydrogen-bond donors (Lipinski definition) is 1. The average molecular weight is 252 g/mol. The van der Waals surface area contributed by atoms with Crippen LogP contribution in [0.2, 0.25) is 0 Å². The maximum Gasteiger partial charge on any atom is 0.0852 e. The molecule has 2 saturated heterocycles. The minimum absolute atomic E-state index is 0.463. The molecule has 0 N–H and O–H groups in total. The van der Waals surface area contributed by atoms with Crippen LogP contribution in [-0.2, 0) is 0 Å². The highest BCUT2D eigenvalue weighted by Crippen LogP contribution is 2.41. The Bertz CT molecular complexity index is 389. The fraction of sp³-hybridized carbons (Fsp3) is 0.833. The van der Waals surface area contributed by atoms with Crippen molar-refractivity contribution in [3.05, 3.63) is 11.9 Å². The van der Waals surface area contributed by atoms with E-state index in [0.29, 0.717) is 24.0 Å². The topological polar surface area (TPSA) is 34.0 Å². The first-order chi connectivity index (χ1) is 8.15. The van der Waals surface area contributed by atoms with Gasteiger partial charge in [-0.25, -0.2) is 8.99 Å². The number of thiol groups is 1. The van der Waals surface area contributed by atoms with Gasteiger partial charge in [-0.05, 0) is 31.6 Å². The van der Waals surface area contributed by atoms with Gasteiger partial charge in [0.15, 0.2) is 0 Å². The summed E-state index contributed by atoms with van der Waals surface area (Å²) in [5.41, 5.74) is 1.10. The van der Waals surface area contributed by atoms with Crippen molar-refractivity contribution < 1.29 is 0 Å². The molecule has 2 aliphatic heterocycles. The summed E-state index contributed by atoms with van der Waals surface area (Å²) in [6, 6.07) is 1.79. The molecule has 0 amide bonds. The number of aromatic nitrogens is 3. The summed E-state index contributed by atoms with van der Waals surface area (Å²) in [6.07, 6.45) is 7.04. The van der Waals surface area contributed by atoms with Crippen molar-refractivity contribution in [1.82, 2.24) is 19.3 Å². The van der Waals surface area contributed by atoms with E-state index >= 15 is 0 Å². The lowest BCUT2D eigenvalue weighted by Gasteiger charge is -2.34. The van der Waals surface area contributed by atoms with E-state index in [-0.39, 0.29) is 0 Å². The van der Waals surface area contributed by atoms with Crippen molar-refractivity contribution in [2.24, 2.45) is 0 Å². The van der Waals surface area contributed by atoms with Crippen molar-refractivity contribution in [3.63, 3.8) is 0 Å². The first kappa shape index (κ1) is 11.5. The van der Waals surface area contributed by atoms with Gasteiger partial charge < -0.3 is 0 Å². The van der Waals surface area contributed by atoms with Gasteiger partial charge in [0.05, 0.1) is 11.7 Å². The molecule has 3 rings (SSSR count). The normalized spacial score (nSPS) is 33.5. The molecule has 1 aromatic rings. The van der Waals surface area contributed by atoms with Crippen molar-refractivity contribution >= 4 is 12.8 Å². The zero-order valence-corrected chi connectivity index (χ0v) is 11.3. The molecule has 5 heteroatoms. The number of piperidine rings is 1. The molecular formula is C12H20N4S. The Hall–Kier alpha value is -0.550. The summed E-state index contributed by atoms with van der Waals surface area (Å²) in [5.74, 6) is 0.463. The second-order valence-corrected chi connectivity index (χ2v) is 6.13. The summed E-state index contributed by atoms with van der Waals surface area (Å²) in [6.45, 7) is 4.32. The van der Waals surface area contributed by atoms with Crippen LogP contribution in [0.15, 0.2) is 6.20 Å². The molecule has 17 heavy (non-hydrogen) atoms. The molecule has 94 valence electrons. The van der Waals surface area contributed by atoms with Gasteiger partial charge in [0.2, 0.25) is 0 Å². The molecule has 2 bridgehead atoms. The maximum atomic E-state index is 4.59. The molecule has 0 aliphatic carbocycles. The van der Waals surface area contributed by atoms with E-state index in [1.807, 2.05) is 0 Å². The van der Waals surface area contributed by atoms with Crippen molar-refractivity contribution in [1.29, 1.82) is 0 Å². The molecule has 2 fully saturated rings. The van der Waals surface area contributed by atoms with Gasteiger partial charge in [-0.3, -0.25) is 0 Å². The van der Waals surface area contributed by atoms with Gasteiger partial charge in [0.25, 0.3) is 0 Å². The summed E-state index contributed by atoms with van der Waals surface area (Å²) < 4.78 is 4.35. The van der Waals surface area contributed by atoms with Crippen molar-refractivity contribution in [2.75, 3.05) is 0 Å². The lowest BCUT2D eigenvalue weighted by atomic mass is 10.00. The second kappa shape index (κ2) is 4.28. The smallest absolute Gasteiger partial charge is 0.0852 e. The van der Waals surface area contributed by atoms with E-state index in [0.717, 1.165) is 5.69 Å². The highest BCUT2D eigenvalue weighted by molar-refractivity contribution is 7.77. The molecule has 2 unspecified atom stereocenters. The first-order valence-corrected chi connectivity index (χ1v) is 6.94. The number of fused-ring (bicyclic) bond motifs is 2.